The number of nitrogens with one attached hydrogen (secondary N) is 1. The molecule has 7 nitrogen and oxygen atoms in total. The highest BCUT2D eigenvalue weighted by atomic mass is 16.6. The molecule has 4 unspecified atom stereocenters. The summed E-state index contributed by atoms with van der Waals surface area (Å²) in [6, 6.07) is 0.451. The predicted molar refractivity (Wildman–Crippen MR) is 74.2 cm³/mol. The number of nitro groups is 1. The number of aromatic nitrogens is 2. The van der Waals surface area contributed by atoms with E-state index in [2.05, 4.69) is 24.3 Å². The topological polar surface area (TPSA) is 93.2 Å². The van der Waals surface area contributed by atoms with Crippen molar-refractivity contribution in [2.45, 2.75) is 45.4 Å². The zero-order valence-electron chi connectivity index (χ0n) is 11.9. The van der Waals surface area contributed by atoms with E-state index in [4.69, 9.17) is 0 Å². The Morgan fingerprint density at radius 1 is 1.60 bits per heavy atom. The van der Waals surface area contributed by atoms with E-state index in [1.54, 1.807) is 0 Å². The molecule has 1 aliphatic carbocycles. The van der Waals surface area contributed by atoms with Crippen LogP contribution >= 0.6 is 0 Å². The van der Waals surface area contributed by atoms with Gasteiger partial charge in [0.15, 0.2) is 0 Å². The van der Waals surface area contributed by atoms with Crippen LogP contribution in [0.5, 0.6) is 0 Å². The van der Waals surface area contributed by atoms with Gasteiger partial charge in [0.2, 0.25) is 0 Å². The molecule has 112 valence electrons. The molecule has 2 rings (SSSR count). The van der Waals surface area contributed by atoms with Gasteiger partial charge < -0.3 is 10.4 Å². The molecule has 1 aromatic heterocycles. The molecule has 0 aromatic carbocycles. The summed E-state index contributed by atoms with van der Waals surface area (Å²) < 4.78 is 1.41. The van der Waals surface area contributed by atoms with Crippen LogP contribution in [0.4, 0.5) is 5.69 Å². The first-order chi connectivity index (χ1) is 9.47. The van der Waals surface area contributed by atoms with Crippen LogP contribution in [0.2, 0.25) is 0 Å². The van der Waals surface area contributed by atoms with Gasteiger partial charge in [-0.1, -0.05) is 13.8 Å². The SMILES string of the molecule is CC1CCC(NCC(O)Cn2cc([N+](=O)[O-])cn2)C1C. The second-order valence-electron chi connectivity index (χ2n) is 5.76. The molecule has 2 N–H and O–H groups in total. The van der Waals surface area contributed by atoms with E-state index in [1.165, 1.54) is 23.5 Å². The summed E-state index contributed by atoms with van der Waals surface area (Å²) in [5, 5.41) is 27.8. The smallest absolute Gasteiger partial charge is 0.306 e. The van der Waals surface area contributed by atoms with Crippen LogP contribution in [-0.2, 0) is 6.54 Å². The summed E-state index contributed by atoms with van der Waals surface area (Å²) in [5.74, 6) is 1.34. The molecule has 0 radical (unpaired) electrons. The molecule has 1 fully saturated rings. The Morgan fingerprint density at radius 2 is 2.35 bits per heavy atom. The molecule has 7 heteroatoms. The lowest BCUT2D eigenvalue weighted by Gasteiger charge is -2.21. The average Bonchev–Trinajstić information content (AvgIpc) is 2.97. The maximum Gasteiger partial charge on any atom is 0.306 e. The van der Waals surface area contributed by atoms with Crippen LogP contribution in [-0.4, -0.2) is 38.5 Å². The number of aliphatic hydroxyl groups excluding tert-OH is 1. The zero-order valence-corrected chi connectivity index (χ0v) is 11.9. The van der Waals surface area contributed by atoms with Crippen molar-refractivity contribution >= 4 is 5.69 Å². The molecule has 20 heavy (non-hydrogen) atoms. The summed E-state index contributed by atoms with van der Waals surface area (Å²) in [6.45, 7) is 5.23. The second kappa shape index (κ2) is 6.32. The number of rotatable bonds is 6. The lowest BCUT2D eigenvalue weighted by Crippen LogP contribution is -2.39. The summed E-state index contributed by atoms with van der Waals surface area (Å²) in [7, 11) is 0. The first-order valence-corrected chi connectivity index (χ1v) is 7.05. The van der Waals surface area contributed by atoms with E-state index in [9.17, 15) is 15.2 Å². The summed E-state index contributed by atoms with van der Waals surface area (Å²) in [4.78, 5) is 10.1. The monoisotopic (exact) mass is 282 g/mol. The maximum absolute atomic E-state index is 10.5. The quantitative estimate of drug-likeness (QED) is 0.603. The minimum atomic E-state index is -0.599. The molecule has 1 heterocycles. The number of aliphatic hydroxyl groups is 1. The zero-order chi connectivity index (χ0) is 14.7. The van der Waals surface area contributed by atoms with Gasteiger partial charge in [-0.25, -0.2) is 0 Å². The van der Waals surface area contributed by atoms with Gasteiger partial charge in [-0.15, -0.1) is 0 Å². The van der Waals surface area contributed by atoms with Gasteiger partial charge in [0.05, 0.1) is 17.6 Å². The molecule has 0 saturated heterocycles. The summed E-state index contributed by atoms with van der Waals surface area (Å²) in [5.41, 5.74) is -0.0524. The van der Waals surface area contributed by atoms with Gasteiger partial charge in [0.25, 0.3) is 0 Å². The Bertz CT molecular complexity index is 462. The number of hydrogen-bond acceptors (Lipinski definition) is 5. The van der Waals surface area contributed by atoms with Gasteiger partial charge in [-0.3, -0.25) is 14.8 Å². The van der Waals surface area contributed by atoms with Crippen LogP contribution in [0.1, 0.15) is 26.7 Å². The lowest BCUT2D eigenvalue weighted by molar-refractivity contribution is -0.385. The highest BCUT2D eigenvalue weighted by Crippen LogP contribution is 2.30. The Kier molecular flexibility index (Phi) is 4.72. The molecule has 0 amide bonds. The van der Waals surface area contributed by atoms with Gasteiger partial charge >= 0.3 is 5.69 Å². The molecule has 4 atom stereocenters. The minimum absolute atomic E-state index is 0.0524. The standard InChI is InChI=1S/C13H22N4O3/c1-9-3-4-13(10(9)2)14-6-12(18)8-16-7-11(5-15-16)17(19)20/h5,7,9-10,12-14,18H,3-4,6,8H2,1-2H3. The highest BCUT2D eigenvalue weighted by Gasteiger charge is 2.29. The van der Waals surface area contributed by atoms with Crippen molar-refractivity contribution in [1.82, 2.24) is 15.1 Å². The van der Waals surface area contributed by atoms with Crippen LogP contribution in [0, 0.1) is 22.0 Å². The van der Waals surface area contributed by atoms with Crippen molar-refractivity contribution in [2.24, 2.45) is 11.8 Å². The van der Waals surface area contributed by atoms with Gasteiger partial charge in [0, 0.05) is 12.6 Å². The molecule has 1 saturated carbocycles. The molecule has 0 spiro atoms. The Hall–Kier alpha value is -1.47. The van der Waals surface area contributed by atoms with Gasteiger partial charge in [-0.05, 0) is 24.7 Å². The Balaban J connectivity index is 1.77. The van der Waals surface area contributed by atoms with E-state index < -0.39 is 11.0 Å². The van der Waals surface area contributed by atoms with Crippen molar-refractivity contribution < 1.29 is 10.0 Å². The lowest BCUT2D eigenvalue weighted by atomic mass is 9.98. The third kappa shape index (κ3) is 3.55. The molecular weight excluding hydrogens is 260 g/mol. The molecular formula is C13H22N4O3. The largest absolute Gasteiger partial charge is 0.390 e. The summed E-state index contributed by atoms with van der Waals surface area (Å²) in [6.07, 6.45) is 4.30. The molecule has 1 aromatic rings. The van der Waals surface area contributed by atoms with Crippen LogP contribution in [0.15, 0.2) is 12.4 Å². The van der Waals surface area contributed by atoms with Crippen LogP contribution < -0.4 is 5.32 Å². The molecule has 0 bridgehead atoms. The first-order valence-electron chi connectivity index (χ1n) is 7.05. The number of hydrogen-bond donors (Lipinski definition) is 2. The van der Waals surface area contributed by atoms with Gasteiger partial charge in [-0.2, -0.15) is 5.10 Å². The van der Waals surface area contributed by atoms with Crippen LogP contribution in [0.25, 0.3) is 0 Å². The minimum Gasteiger partial charge on any atom is -0.390 e. The van der Waals surface area contributed by atoms with Crippen molar-refractivity contribution in [3.8, 4) is 0 Å². The van der Waals surface area contributed by atoms with E-state index in [0.29, 0.717) is 18.5 Å². The Labute approximate surface area is 118 Å². The van der Waals surface area contributed by atoms with Gasteiger partial charge in [0.1, 0.15) is 12.4 Å². The van der Waals surface area contributed by atoms with E-state index in [1.807, 2.05) is 0 Å². The Morgan fingerprint density at radius 3 is 2.90 bits per heavy atom. The van der Waals surface area contributed by atoms with Crippen molar-refractivity contribution in [3.05, 3.63) is 22.5 Å². The van der Waals surface area contributed by atoms with E-state index in [0.717, 1.165) is 12.3 Å². The van der Waals surface area contributed by atoms with E-state index in [-0.39, 0.29) is 12.2 Å². The first kappa shape index (κ1) is 14.9. The third-order valence-corrected chi connectivity index (χ3v) is 4.31. The maximum atomic E-state index is 10.5. The van der Waals surface area contributed by atoms with Crippen molar-refractivity contribution in [3.63, 3.8) is 0 Å². The predicted octanol–water partition coefficient (Wildman–Crippen LogP) is 1.18. The van der Waals surface area contributed by atoms with Crippen molar-refractivity contribution in [1.29, 1.82) is 0 Å². The third-order valence-electron chi connectivity index (χ3n) is 4.31. The fourth-order valence-corrected chi connectivity index (χ4v) is 2.77. The number of nitrogens with zero attached hydrogens (tertiary/aromatic N) is 3. The fraction of sp³-hybridized carbons (Fsp3) is 0.769. The van der Waals surface area contributed by atoms with Crippen LogP contribution in [0.3, 0.4) is 0 Å². The summed E-state index contributed by atoms with van der Waals surface area (Å²) >= 11 is 0. The normalized spacial score (nSPS) is 27.6. The molecule has 1 aliphatic rings. The molecule has 0 aliphatic heterocycles. The second-order valence-corrected chi connectivity index (χ2v) is 5.76. The fourth-order valence-electron chi connectivity index (χ4n) is 2.77. The highest BCUT2D eigenvalue weighted by molar-refractivity contribution is 5.20. The van der Waals surface area contributed by atoms with E-state index >= 15 is 0 Å². The average molecular weight is 282 g/mol. The van der Waals surface area contributed by atoms with Crippen molar-refractivity contribution in [2.75, 3.05) is 6.54 Å².